The van der Waals surface area contributed by atoms with Crippen LogP contribution in [0, 0.1) is 0 Å². The molecule has 0 unspecified atom stereocenters. The predicted octanol–water partition coefficient (Wildman–Crippen LogP) is 7.99. The number of thiophene rings is 1. The molecule has 4 aromatic rings. The number of nitrogens with zero attached hydrogens (tertiary/aromatic N) is 2. The molecular weight excluding hydrogens is 406 g/mol. The van der Waals surface area contributed by atoms with Crippen molar-refractivity contribution < 1.29 is 0 Å². The Morgan fingerprint density at radius 2 is 1.80 bits per heavy atom. The van der Waals surface area contributed by atoms with E-state index in [9.17, 15) is 0 Å². The quantitative estimate of drug-likeness (QED) is 0.301. The summed E-state index contributed by atoms with van der Waals surface area (Å²) in [6, 6.07) is 21.9. The molecule has 0 bridgehead atoms. The Labute approximate surface area is 186 Å². The summed E-state index contributed by atoms with van der Waals surface area (Å²) < 4.78 is 0. The topological polar surface area (TPSA) is 31.9 Å². The highest BCUT2D eigenvalue weighted by Gasteiger charge is 2.23. The highest BCUT2D eigenvalue weighted by atomic mass is 32.2. The van der Waals surface area contributed by atoms with E-state index in [0.717, 1.165) is 23.5 Å². The average Bonchev–Trinajstić information content (AvgIpc) is 3.47. The molecule has 152 valence electrons. The van der Waals surface area contributed by atoms with Gasteiger partial charge in [-0.15, -0.1) is 11.3 Å². The predicted molar refractivity (Wildman–Crippen MR) is 129 cm³/mol. The summed E-state index contributed by atoms with van der Waals surface area (Å²) in [5, 5.41) is 9.87. The van der Waals surface area contributed by atoms with Crippen molar-refractivity contribution in [3.63, 3.8) is 0 Å². The number of rotatable bonds is 7. The fourth-order valence-electron chi connectivity index (χ4n) is 3.96. The first-order valence-electron chi connectivity index (χ1n) is 10.6. The maximum absolute atomic E-state index is 4.58. The summed E-state index contributed by atoms with van der Waals surface area (Å²) >= 11 is 3.59. The summed E-state index contributed by atoms with van der Waals surface area (Å²) in [6.45, 7) is 3.33. The number of unbranched alkanes of at least 4 members (excludes halogenated alkanes) is 3. The molecule has 0 amide bonds. The van der Waals surface area contributed by atoms with Gasteiger partial charge in [-0.3, -0.25) is 5.10 Å². The second-order valence-electron chi connectivity index (χ2n) is 7.61. The zero-order valence-corrected chi connectivity index (χ0v) is 18.7. The van der Waals surface area contributed by atoms with Gasteiger partial charge in [-0.05, 0) is 48.2 Å². The van der Waals surface area contributed by atoms with Gasteiger partial charge >= 0.3 is 0 Å². The minimum atomic E-state index is 0.996. The second kappa shape index (κ2) is 8.70. The molecule has 0 saturated heterocycles. The number of nitrogens with one attached hydrogen (secondary N) is 1. The van der Waals surface area contributed by atoms with Gasteiger partial charge in [-0.1, -0.05) is 62.2 Å². The largest absolute Gasteiger partial charge is 0.340 e. The summed E-state index contributed by atoms with van der Waals surface area (Å²) in [5.41, 5.74) is 5.88. The normalized spacial score (nSPS) is 12.6. The van der Waals surface area contributed by atoms with Crippen LogP contribution in [0.2, 0.25) is 0 Å². The minimum Gasteiger partial charge on any atom is -0.340 e. The van der Waals surface area contributed by atoms with Crippen molar-refractivity contribution in [2.75, 3.05) is 11.4 Å². The van der Waals surface area contributed by atoms with Crippen LogP contribution in [0.15, 0.2) is 75.8 Å². The molecule has 2 aromatic heterocycles. The molecule has 1 aliphatic rings. The van der Waals surface area contributed by atoms with E-state index in [-0.39, 0.29) is 0 Å². The van der Waals surface area contributed by atoms with E-state index in [1.54, 1.807) is 11.3 Å². The van der Waals surface area contributed by atoms with Gasteiger partial charge in [-0.2, -0.15) is 5.10 Å². The van der Waals surface area contributed by atoms with E-state index in [0.29, 0.717) is 0 Å². The first-order chi connectivity index (χ1) is 14.8. The molecule has 0 radical (unpaired) electrons. The monoisotopic (exact) mass is 431 g/mol. The number of H-pyrrole nitrogens is 1. The Kier molecular flexibility index (Phi) is 5.65. The number of anilines is 2. The third-order valence-corrected chi connectivity index (χ3v) is 7.54. The number of hydrogen-bond donors (Lipinski definition) is 1. The Hall–Kier alpha value is -2.50. The van der Waals surface area contributed by atoms with Gasteiger partial charge in [-0.25, -0.2) is 0 Å². The highest BCUT2D eigenvalue weighted by molar-refractivity contribution is 7.99. The maximum Gasteiger partial charge on any atom is 0.0927 e. The van der Waals surface area contributed by atoms with Crippen LogP contribution in [0.1, 0.15) is 32.6 Å². The Morgan fingerprint density at radius 1 is 0.900 bits per heavy atom. The summed E-state index contributed by atoms with van der Waals surface area (Å²) in [6.07, 6.45) is 5.08. The SMILES string of the molecule is CCCCCCN1c2ccccc2Sc2cc(-c3cc(-c4cccs4)[nH]n3)ccc21. The Balaban J connectivity index is 1.46. The lowest BCUT2D eigenvalue weighted by Crippen LogP contribution is -2.21. The number of benzene rings is 2. The van der Waals surface area contributed by atoms with Crippen molar-refractivity contribution in [2.24, 2.45) is 0 Å². The number of para-hydroxylation sites is 1. The van der Waals surface area contributed by atoms with Crippen LogP contribution < -0.4 is 4.90 Å². The molecule has 0 aliphatic carbocycles. The zero-order chi connectivity index (χ0) is 20.3. The number of aromatic nitrogens is 2. The van der Waals surface area contributed by atoms with E-state index < -0.39 is 0 Å². The summed E-state index contributed by atoms with van der Waals surface area (Å²) in [5.74, 6) is 0. The van der Waals surface area contributed by atoms with Crippen molar-refractivity contribution in [1.29, 1.82) is 0 Å². The fraction of sp³-hybridized carbons (Fsp3) is 0.240. The number of fused-ring (bicyclic) bond motifs is 2. The standard InChI is InChI=1S/C25H25N3S2/c1-2-3-4-7-14-28-21-9-5-6-10-24(21)30-25-16-18(12-13-22(25)28)19-17-20(27-26-19)23-11-8-15-29-23/h5-6,8-13,15-17H,2-4,7,14H2,1H3,(H,26,27). The van der Waals surface area contributed by atoms with Crippen molar-refractivity contribution >= 4 is 34.5 Å². The van der Waals surface area contributed by atoms with Gasteiger partial charge in [0.15, 0.2) is 0 Å². The lowest BCUT2D eigenvalue weighted by atomic mass is 10.1. The molecule has 5 heteroatoms. The van der Waals surface area contributed by atoms with Gasteiger partial charge in [0.25, 0.3) is 0 Å². The summed E-state index contributed by atoms with van der Waals surface area (Å²) in [4.78, 5) is 6.36. The number of aromatic amines is 1. The van der Waals surface area contributed by atoms with Crippen molar-refractivity contribution in [3.8, 4) is 21.8 Å². The van der Waals surface area contributed by atoms with Crippen LogP contribution in [0.3, 0.4) is 0 Å². The van der Waals surface area contributed by atoms with Crippen LogP contribution in [0.4, 0.5) is 11.4 Å². The molecule has 1 aliphatic heterocycles. The molecule has 0 saturated carbocycles. The Morgan fingerprint density at radius 3 is 2.67 bits per heavy atom. The molecule has 3 nitrogen and oxygen atoms in total. The van der Waals surface area contributed by atoms with E-state index in [1.165, 1.54) is 51.7 Å². The van der Waals surface area contributed by atoms with Crippen molar-refractivity contribution in [3.05, 3.63) is 66.0 Å². The van der Waals surface area contributed by atoms with Crippen LogP contribution in [-0.4, -0.2) is 16.7 Å². The lowest BCUT2D eigenvalue weighted by molar-refractivity contribution is 0.666. The first kappa shape index (κ1) is 19.5. The molecule has 0 atom stereocenters. The van der Waals surface area contributed by atoms with Gasteiger partial charge in [0, 0.05) is 21.9 Å². The molecule has 2 aromatic carbocycles. The number of hydrogen-bond acceptors (Lipinski definition) is 4. The molecule has 1 N–H and O–H groups in total. The smallest absolute Gasteiger partial charge is 0.0927 e. The maximum atomic E-state index is 4.58. The Bertz CT molecular complexity index is 1130. The summed E-state index contributed by atoms with van der Waals surface area (Å²) in [7, 11) is 0. The van der Waals surface area contributed by atoms with Gasteiger partial charge in [0.2, 0.25) is 0 Å². The first-order valence-corrected chi connectivity index (χ1v) is 12.3. The molecule has 3 heterocycles. The van der Waals surface area contributed by atoms with Crippen LogP contribution in [0.25, 0.3) is 21.8 Å². The van der Waals surface area contributed by atoms with E-state index in [4.69, 9.17) is 0 Å². The van der Waals surface area contributed by atoms with E-state index >= 15 is 0 Å². The van der Waals surface area contributed by atoms with E-state index in [2.05, 4.69) is 88.1 Å². The lowest BCUT2D eigenvalue weighted by Gasteiger charge is -2.33. The zero-order valence-electron chi connectivity index (χ0n) is 17.1. The molecule has 5 rings (SSSR count). The van der Waals surface area contributed by atoms with Crippen molar-refractivity contribution in [1.82, 2.24) is 10.2 Å². The van der Waals surface area contributed by atoms with E-state index in [1.807, 2.05) is 11.8 Å². The third-order valence-electron chi connectivity index (χ3n) is 5.52. The average molecular weight is 432 g/mol. The van der Waals surface area contributed by atoms with Crippen LogP contribution in [0.5, 0.6) is 0 Å². The third kappa shape index (κ3) is 3.80. The highest BCUT2D eigenvalue weighted by Crippen LogP contribution is 2.49. The minimum absolute atomic E-state index is 0.996. The molecule has 0 spiro atoms. The van der Waals surface area contributed by atoms with Crippen molar-refractivity contribution in [2.45, 2.75) is 42.4 Å². The van der Waals surface area contributed by atoms with Gasteiger partial charge in [0.05, 0.1) is 27.6 Å². The second-order valence-corrected chi connectivity index (χ2v) is 9.64. The van der Waals surface area contributed by atoms with Crippen LogP contribution >= 0.6 is 23.1 Å². The molecular formula is C25H25N3S2. The van der Waals surface area contributed by atoms with Crippen LogP contribution in [-0.2, 0) is 0 Å². The van der Waals surface area contributed by atoms with Gasteiger partial charge in [0.1, 0.15) is 0 Å². The van der Waals surface area contributed by atoms with Gasteiger partial charge < -0.3 is 4.90 Å². The fourth-order valence-corrected chi connectivity index (χ4v) is 5.79. The molecule has 30 heavy (non-hydrogen) atoms. The molecule has 0 fully saturated rings.